The molecule has 1 rings (SSSR count). The van der Waals surface area contributed by atoms with Gasteiger partial charge in [-0.1, -0.05) is 36.4 Å². The van der Waals surface area contributed by atoms with Gasteiger partial charge >= 0.3 is 5.97 Å². The summed E-state index contributed by atoms with van der Waals surface area (Å²) in [6.45, 7) is 5.18. The number of sulfone groups is 1. The minimum atomic E-state index is -3.64. The quantitative estimate of drug-likeness (QED) is 0.584. The van der Waals surface area contributed by atoms with Crippen LogP contribution >= 0.6 is 0 Å². The molecule has 1 unspecified atom stereocenters. The highest BCUT2D eigenvalue weighted by atomic mass is 32.2. The van der Waals surface area contributed by atoms with Crippen LogP contribution in [-0.4, -0.2) is 26.7 Å². The molecule has 1 atom stereocenters. The number of esters is 1. The molecule has 0 aliphatic heterocycles. The second kappa shape index (κ2) is 6.35. The molecular formula is C13H16O4S. The SMILES string of the molecule is C=CCS(=O)(=O)C(C(=O)OCC)c1ccccc1. The normalized spacial score (nSPS) is 12.7. The molecular weight excluding hydrogens is 252 g/mol. The number of hydrogen-bond acceptors (Lipinski definition) is 4. The Morgan fingerprint density at radius 1 is 1.39 bits per heavy atom. The average molecular weight is 268 g/mol. The van der Waals surface area contributed by atoms with E-state index in [0.717, 1.165) is 0 Å². The van der Waals surface area contributed by atoms with Crippen LogP contribution in [0.4, 0.5) is 0 Å². The van der Waals surface area contributed by atoms with E-state index in [1.807, 2.05) is 0 Å². The van der Waals surface area contributed by atoms with Gasteiger partial charge in [-0.3, -0.25) is 4.79 Å². The Morgan fingerprint density at radius 2 is 2.00 bits per heavy atom. The van der Waals surface area contributed by atoms with Gasteiger partial charge in [-0.2, -0.15) is 0 Å². The third kappa shape index (κ3) is 3.43. The lowest BCUT2D eigenvalue weighted by atomic mass is 10.1. The van der Waals surface area contributed by atoms with Crippen LogP contribution < -0.4 is 0 Å². The lowest BCUT2D eigenvalue weighted by Gasteiger charge is -2.15. The van der Waals surface area contributed by atoms with Crippen LogP contribution in [0.1, 0.15) is 17.7 Å². The molecule has 0 radical (unpaired) electrons. The number of ether oxygens (including phenoxy) is 1. The third-order valence-corrected chi connectivity index (χ3v) is 4.20. The molecule has 0 saturated heterocycles. The van der Waals surface area contributed by atoms with Gasteiger partial charge in [0.25, 0.3) is 0 Å². The van der Waals surface area contributed by atoms with Gasteiger partial charge < -0.3 is 4.74 Å². The van der Waals surface area contributed by atoms with E-state index in [1.165, 1.54) is 6.08 Å². The van der Waals surface area contributed by atoms with Gasteiger partial charge in [0, 0.05) is 0 Å². The molecule has 0 bridgehead atoms. The fourth-order valence-electron chi connectivity index (χ4n) is 1.60. The van der Waals surface area contributed by atoms with Crippen LogP contribution in [0.5, 0.6) is 0 Å². The lowest BCUT2D eigenvalue weighted by Crippen LogP contribution is -2.26. The number of carbonyl (C=O) groups excluding carboxylic acids is 1. The molecule has 0 heterocycles. The lowest BCUT2D eigenvalue weighted by molar-refractivity contribution is -0.142. The second-order valence-corrected chi connectivity index (χ2v) is 5.79. The summed E-state index contributed by atoms with van der Waals surface area (Å²) in [4.78, 5) is 11.8. The zero-order chi connectivity index (χ0) is 13.6. The smallest absolute Gasteiger partial charge is 0.328 e. The third-order valence-electron chi connectivity index (χ3n) is 2.31. The molecule has 1 aromatic carbocycles. The first-order valence-corrected chi connectivity index (χ1v) is 7.28. The van der Waals surface area contributed by atoms with Crippen molar-refractivity contribution in [2.45, 2.75) is 12.2 Å². The maximum Gasteiger partial charge on any atom is 0.328 e. The minimum Gasteiger partial charge on any atom is -0.465 e. The molecule has 4 nitrogen and oxygen atoms in total. The average Bonchev–Trinajstić information content (AvgIpc) is 2.30. The van der Waals surface area contributed by atoms with Gasteiger partial charge in [0.05, 0.1) is 12.4 Å². The van der Waals surface area contributed by atoms with Crippen molar-refractivity contribution in [3.8, 4) is 0 Å². The fraction of sp³-hybridized carbons (Fsp3) is 0.308. The molecule has 0 aliphatic rings. The van der Waals surface area contributed by atoms with E-state index in [1.54, 1.807) is 37.3 Å². The molecule has 18 heavy (non-hydrogen) atoms. The molecule has 1 aromatic rings. The minimum absolute atomic E-state index is 0.145. The molecule has 0 aliphatic carbocycles. The first-order chi connectivity index (χ1) is 8.53. The summed E-state index contributed by atoms with van der Waals surface area (Å²) in [5, 5.41) is -1.28. The zero-order valence-corrected chi connectivity index (χ0v) is 11.0. The first-order valence-electron chi connectivity index (χ1n) is 5.57. The van der Waals surface area contributed by atoms with Gasteiger partial charge in [-0.05, 0) is 12.5 Å². The largest absolute Gasteiger partial charge is 0.465 e. The second-order valence-electron chi connectivity index (χ2n) is 3.66. The van der Waals surface area contributed by atoms with Gasteiger partial charge in [0.15, 0.2) is 15.1 Å². The van der Waals surface area contributed by atoms with E-state index in [4.69, 9.17) is 4.74 Å². The number of hydrogen-bond donors (Lipinski definition) is 0. The van der Waals surface area contributed by atoms with Crippen LogP contribution in [-0.2, 0) is 19.4 Å². The highest BCUT2D eigenvalue weighted by Gasteiger charge is 2.34. The van der Waals surface area contributed by atoms with Gasteiger partial charge in [-0.25, -0.2) is 8.42 Å². The summed E-state index contributed by atoms with van der Waals surface area (Å²) < 4.78 is 29.0. The molecule has 98 valence electrons. The van der Waals surface area contributed by atoms with Crippen molar-refractivity contribution in [3.05, 3.63) is 48.6 Å². The van der Waals surface area contributed by atoms with Crippen molar-refractivity contribution in [2.24, 2.45) is 0 Å². The Bertz CT molecular complexity index is 505. The topological polar surface area (TPSA) is 60.4 Å². The molecule has 0 aromatic heterocycles. The maximum absolute atomic E-state index is 12.1. The fourth-order valence-corrected chi connectivity index (χ4v) is 3.05. The Labute approximate surface area is 107 Å². The van der Waals surface area contributed by atoms with E-state index >= 15 is 0 Å². The van der Waals surface area contributed by atoms with Gasteiger partial charge in [-0.15, -0.1) is 6.58 Å². The zero-order valence-electron chi connectivity index (χ0n) is 10.2. The van der Waals surface area contributed by atoms with E-state index in [2.05, 4.69) is 6.58 Å². The van der Waals surface area contributed by atoms with Crippen LogP contribution in [0.25, 0.3) is 0 Å². The van der Waals surface area contributed by atoms with Crippen LogP contribution in [0.3, 0.4) is 0 Å². The van der Waals surface area contributed by atoms with Crippen molar-refractivity contribution in [1.82, 2.24) is 0 Å². The van der Waals surface area contributed by atoms with Crippen molar-refractivity contribution in [1.29, 1.82) is 0 Å². The Hall–Kier alpha value is -1.62. The monoisotopic (exact) mass is 268 g/mol. The predicted octanol–water partition coefficient (Wildman–Crippen LogP) is 1.89. The Kier molecular flexibility index (Phi) is 5.09. The Balaban J connectivity index is 3.19. The van der Waals surface area contributed by atoms with E-state index in [9.17, 15) is 13.2 Å². The van der Waals surface area contributed by atoms with Gasteiger partial charge in [0.2, 0.25) is 0 Å². The van der Waals surface area contributed by atoms with Gasteiger partial charge in [0.1, 0.15) is 0 Å². The van der Waals surface area contributed by atoms with E-state index < -0.39 is 21.1 Å². The van der Waals surface area contributed by atoms with Crippen molar-refractivity contribution in [2.75, 3.05) is 12.4 Å². The van der Waals surface area contributed by atoms with Crippen molar-refractivity contribution in [3.63, 3.8) is 0 Å². The maximum atomic E-state index is 12.1. The number of benzene rings is 1. The summed E-state index contributed by atoms with van der Waals surface area (Å²) >= 11 is 0. The molecule has 5 heteroatoms. The van der Waals surface area contributed by atoms with Crippen molar-refractivity contribution >= 4 is 15.8 Å². The van der Waals surface area contributed by atoms with E-state index in [0.29, 0.717) is 5.56 Å². The highest BCUT2D eigenvalue weighted by molar-refractivity contribution is 7.92. The number of rotatable bonds is 6. The molecule has 0 N–H and O–H groups in total. The van der Waals surface area contributed by atoms with Crippen LogP contribution in [0, 0.1) is 0 Å². The number of carbonyl (C=O) groups is 1. The van der Waals surface area contributed by atoms with Crippen LogP contribution in [0.15, 0.2) is 43.0 Å². The summed E-state index contributed by atoms with van der Waals surface area (Å²) in [5.74, 6) is -1.00. The Morgan fingerprint density at radius 3 is 2.50 bits per heavy atom. The summed E-state index contributed by atoms with van der Waals surface area (Å²) in [6, 6.07) is 8.33. The molecule has 0 amide bonds. The predicted molar refractivity (Wildman–Crippen MR) is 69.8 cm³/mol. The standard InChI is InChI=1S/C13H16O4S/c1-3-10-18(15,16)12(13(14)17-4-2)11-8-6-5-7-9-11/h3,5-9,12H,1,4,10H2,2H3. The molecule has 0 spiro atoms. The summed E-state index contributed by atoms with van der Waals surface area (Å²) in [6.07, 6.45) is 1.27. The summed E-state index contributed by atoms with van der Waals surface area (Å²) in [5.41, 5.74) is 0.415. The van der Waals surface area contributed by atoms with E-state index in [-0.39, 0.29) is 12.4 Å². The molecule has 0 fully saturated rings. The highest BCUT2D eigenvalue weighted by Crippen LogP contribution is 2.24. The summed E-state index contributed by atoms with van der Waals surface area (Å²) in [7, 11) is -3.64. The first kappa shape index (κ1) is 14.4. The van der Waals surface area contributed by atoms with Crippen molar-refractivity contribution < 1.29 is 17.9 Å². The molecule has 0 saturated carbocycles. The van der Waals surface area contributed by atoms with Crippen LogP contribution in [0.2, 0.25) is 0 Å².